The van der Waals surface area contributed by atoms with Crippen LogP contribution in [-0.4, -0.2) is 23.7 Å². The minimum atomic E-state index is 0.447. The van der Waals surface area contributed by atoms with Crippen LogP contribution < -0.4 is 5.73 Å². The number of hydrogen-bond donors (Lipinski definition) is 1. The molecule has 0 heterocycles. The molecule has 0 bridgehead atoms. The predicted octanol–water partition coefficient (Wildman–Crippen LogP) is 2.29. The molecule has 0 aromatic rings. The molecule has 2 atom stereocenters. The summed E-state index contributed by atoms with van der Waals surface area (Å²) in [6.45, 7) is 11.9. The molecule has 0 radical (unpaired) electrons. The van der Waals surface area contributed by atoms with Crippen molar-refractivity contribution in [3.05, 3.63) is 36.8 Å². The zero-order valence-corrected chi connectivity index (χ0v) is 10.4. The monoisotopic (exact) mass is 219 g/mol. The van der Waals surface area contributed by atoms with Gasteiger partial charge in [-0.2, -0.15) is 0 Å². The van der Waals surface area contributed by atoms with Crippen molar-refractivity contribution in [1.82, 2.24) is 4.90 Å². The van der Waals surface area contributed by atoms with Crippen molar-refractivity contribution in [2.24, 2.45) is 16.6 Å². The minimum Gasteiger partial charge on any atom is -0.386 e. The Morgan fingerprint density at radius 1 is 1.50 bits per heavy atom. The molecule has 2 N–H and O–H groups in total. The maximum atomic E-state index is 5.64. The van der Waals surface area contributed by atoms with E-state index >= 15 is 0 Å². The second kappa shape index (κ2) is 5.01. The van der Waals surface area contributed by atoms with E-state index < -0.39 is 0 Å². The first-order chi connectivity index (χ1) is 7.47. The molecule has 3 heteroatoms. The lowest BCUT2D eigenvalue weighted by Gasteiger charge is -2.21. The van der Waals surface area contributed by atoms with E-state index in [0.717, 1.165) is 11.4 Å². The fourth-order valence-corrected chi connectivity index (χ4v) is 1.38. The zero-order valence-electron chi connectivity index (χ0n) is 10.4. The lowest BCUT2D eigenvalue weighted by Crippen LogP contribution is -2.25. The highest BCUT2D eigenvalue weighted by Gasteiger charge is 2.32. The summed E-state index contributed by atoms with van der Waals surface area (Å²) < 4.78 is 0. The molecular formula is C13H21N3. The van der Waals surface area contributed by atoms with E-state index in [-0.39, 0.29) is 0 Å². The van der Waals surface area contributed by atoms with Gasteiger partial charge in [-0.15, -0.1) is 0 Å². The molecule has 2 unspecified atom stereocenters. The van der Waals surface area contributed by atoms with E-state index in [9.17, 15) is 0 Å². The fraction of sp³-hybridized carbons (Fsp3) is 0.462. The molecule has 0 amide bonds. The first-order valence-electron chi connectivity index (χ1n) is 5.55. The second-order valence-electron chi connectivity index (χ2n) is 4.29. The van der Waals surface area contributed by atoms with Gasteiger partial charge in [-0.25, -0.2) is 0 Å². The van der Waals surface area contributed by atoms with E-state index in [4.69, 9.17) is 5.73 Å². The topological polar surface area (TPSA) is 41.6 Å². The number of hydrogen-bond acceptors (Lipinski definition) is 3. The molecule has 1 saturated carbocycles. The summed E-state index contributed by atoms with van der Waals surface area (Å²) in [6.07, 6.45) is 5.10. The van der Waals surface area contributed by atoms with Gasteiger partial charge in [0, 0.05) is 7.05 Å². The Morgan fingerprint density at radius 3 is 2.44 bits per heavy atom. The second-order valence-corrected chi connectivity index (χ2v) is 4.29. The summed E-state index contributed by atoms with van der Waals surface area (Å²) in [5, 5.41) is 0. The summed E-state index contributed by atoms with van der Waals surface area (Å²) in [7, 11) is 1.85. The van der Waals surface area contributed by atoms with Crippen LogP contribution in [0.2, 0.25) is 0 Å². The van der Waals surface area contributed by atoms with Gasteiger partial charge in [0.1, 0.15) is 0 Å². The first-order valence-corrected chi connectivity index (χ1v) is 5.55. The normalized spacial score (nSPS) is 24.6. The highest BCUT2D eigenvalue weighted by atomic mass is 15.2. The molecule has 0 aromatic heterocycles. The summed E-state index contributed by atoms with van der Waals surface area (Å²) in [4.78, 5) is 6.41. The Balaban J connectivity index is 2.81. The van der Waals surface area contributed by atoms with Crippen molar-refractivity contribution < 1.29 is 0 Å². The number of aliphatic imine (C=N–C) groups is 1. The smallest absolute Gasteiger partial charge is 0.0955 e. The van der Waals surface area contributed by atoms with Crippen LogP contribution in [0.1, 0.15) is 20.3 Å². The number of rotatable bonds is 5. The third-order valence-electron chi connectivity index (χ3n) is 2.83. The molecule has 3 nitrogen and oxygen atoms in total. The molecule has 1 aliphatic rings. The van der Waals surface area contributed by atoms with Crippen LogP contribution in [0.4, 0.5) is 0 Å². The van der Waals surface area contributed by atoms with Crippen LogP contribution in [0, 0.1) is 5.92 Å². The lowest BCUT2D eigenvalue weighted by molar-refractivity contribution is 0.543. The molecule has 0 saturated heterocycles. The van der Waals surface area contributed by atoms with Gasteiger partial charge < -0.3 is 10.6 Å². The third-order valence-corrected chi connectivity index (χ3v) is 2.83. The highest BCUT2D eigenvalue weighted by Crippen LogP contribution is 2.33. The maximum Gasteiger partial charge on any atom is 0.0955 e. The van der Waals surface area contributed by atoms with E-state index in [1.807, 2.05) is 26.1 Å². The van der Waals surface area contributed by atoms with Crippen LogP contribution in [0.3, 0.4) is 0 Å². The predicted molar refractivity (Wildman–Crippen MR) is 70.0 cm³/mol. The Morgan fingerprint density at radius 2 is 2.06 bits per heavy atom. The quantitative estimate of drug-likeness (QED) is 0.721. The van der Waals surface area contributed by atoms with Crippen LogP contribution in [0.15, 0.2) is 41.8 Å². The van der Waals surface area contributed by atoms with E-state index in [1.54, 1.807) is 4.90 Å². The van der Waals surface area contributed by atoms with Crippen molar-refractivity contribution >= 4 is 5.71 Å². The molecule has 0 aliphatic heterocycles. The Hall–Kier alpha value is -1.51. The van der Waals surface area contributed by atoms with Gasteiger partial charge in [0.05, 0.1) is 23.3 Å². The lowest BCUT2D eigenvalue weighted by atomic mass is 10.2. The van der Waals surface area contributed by atoms with Crippen molar-refractivity contribution in [3.63, 3.8) is 0 Å². The first kappa shape index (κ1) is 12.6. The van der Waals surface area contributed by atoms with E-state index in [0.29, 0.717) is 17.8 Å². The number of nitrogens with two attached hydrogens (primary N) is 1. The SMILES string of the molecule is C=C(N)N(C)C(=C)C(/C=C\C)=N/C1CC1C. The van der Waals surface area contributed by atoms with Crippen molar-refractivity contribution in [3.8, 4) is 0 Å². The number of allylic oxidation sites excluding steroid dienone is 2. The van der Waals surface area contributed by atoms with Crippen molar-refractivity contribution in [1.29, 1.82) is 0 Å². The molecule has 0 aromatic carbocycles. The molecule has 1 fully saturated rings. The average molecular weight is 219 g/mol. The molecule has 1 aliphatic carbocycles. The van der Waals surface area contributed by atoms with Gasteiger partial charge >= 0.3 is 0 Å². The summed E-state index contributed by atoms with van der Waals surface area (Å²) >= 11 is 0. The Bertz CT molecular complexity index is 352. The fourth-order valence-electron chi connectivity index (χ4n) is 1.38. The van der Waals surface area contributed by atoms with Gasteiger partial charge in [0.15, 0.2) is 0 Å². The molecular weight excluding hydrogens is 198 g/mol. The third kappa shape index (κ3) is 2.99. The molecule has 16 heavy (non-hydrogen) atoms. The highest BCUT2D eigenvalue weighted by molar-refractivity contribution is 6.07. The van der Waals surface area contributed by atoms with E-state index in [2.05, 4.69) is 25.1 Å². The standard InChI is InChI=1S/C13H21N3/c1-6-7-12(15-13-8-9(13)2)10(3)16(5)11(4)14/h6-7,9,13H,3-4,8,14H2,1-2,5H3/b7-6-,15-12+. The molecule has 88 valence electrons. The van der Waals surface area contributed by atoms with Gasteiger partial charge in [-0.1, -0.05) is 26.2 Å². The molecule has 1 rings (SSSR count). The Labute approximate surface area is 98.0 Å². The van der Waals surface area contributed by atoms with Crippen molar-refractivity contribution in [2.45, 2.75) is 26.3 Å². The number of nitrogens with zero attached hydrogens (tertiary/aromatic N) is 2. The van der Waals surface area contributed by atoms with Crippen LogP contribution in [0.5, 0.6) is 0 Å². The van der Waals surface area contributed by atoms with E-state index in [1.165, 1.54) is 6.42 Å². The van der Waals surface area contributed by atoms with Gasteiger partial charge in [0.25, 0.3) is 0 Å². The van der Waals surface area contributed by atoms with Crippen LogP contribution in [0.25, 0.3) is 0 Å². The Kier molecular flexibility index (Phi) is 3.93. The van der Waals surface area contributed by atoms with Gasteiger partial charge in [0.2, 0.25) is 0 Å². The van der Waals surface area contributed by atoms with Crippen LogP contribution in [-0.2, 0) is 0 Å². The van der Waals surface area contributed by atoms with Crippen molar-refractivity contribution in [2.75, 3.05) is 7.05 Å². The molecule has 0 spiro atoms. The summed E-state index contributed by atoms with van der Waals surface area (Å²) in [6, 6.07) is 0.447. The summed E-state index contributed by atoms with van der Waals surface area (Å²) in [5.41, 5.74) is 7.33. The average Bonchev–Trinajstić information content (AvgIpc) is 2.91. The van der Waals surface area contributed by atoms with Gasteiger partial charge in [-0.05, 0) is 25.3 Å². The maximum absolute atomic E-state index is 5.64. The summed E-state index contributed by atoms with van der Waals surface area (Å²) in [5.74, 6) is 1.17. The van der Waals surface area contributed by atoms with Crippen LogP contribution >= 0.6 is 0 Å². The van der Waals surface area contributed by atoms with Gasteiger partial charge in [-0.3, -0.25) is 4.99 Å². The zero-order chi connectivity index (χ0) is 12.3. The largest absolute Gasteiger partial charge is 0.386 e. The minimum absolute atomic E-state index is 0.447.